The van der Waals surface area contributed by atoms with E-state index in [1.165, 1.54) is 0 Å². The highest BCUT2D eigenvalue weighted by Gasteiger charge is 2.27. The molecule has 3 amide bonds. The molecule has 1 heterocycles. The molecule has 0 aliphatic carbocycles. The molecule has 1 aromatic carbocycles. The van der Waals surface area contributed by atoms with Crippen LogP contribution in [0, 0.1) is 0 Å². The van der Waals surface area contributed by atoms with Crippen molar-refractivity contribution >= 4 is 29.6 Å². The van der Waals surface area contributed by atoms with Gasteiger partial charge in [0.1, 0.15) is 17.2 Å². The lowest BCUT2D eigenvalue weighted by molar-refractivity contribution is -0.132. The Bertz CT molecular complexity index is 893. The quantitative estimate of drug-likeness (QED) is 0.553. The summed E-state index contributed by atoms with van der Waals surface area (Å²) in [6.07, 6.45) is 2.60. The summed E-state index contributed by atoms with van der Waals surface area (Å²) in [6.45, 7) is 12.0. The fourth-order valence-corrected chi connectivity index (χ4v) is 3.54. The van der Waals surface area contributed by atoms with Gasteiger partial charge in [-0.25, -0.2) is 9.59 Å². The molecule has 1 saturated heterocycles. The van der Waals surface area contributed by atoms with E-state index in [4.69, 9.17) is 9.47 Å². The lowest BCUT2D eigenvalue weighted by Gasteiger charge is -2.28. The summed E-state index contributed by atoms with van der Waals surface area (Å²) in [5.41, 5.74) is -0.545. The third kappa shape index (κ3) is 10.4. The molecule has 0 saturated carbocycles. The van der Waals surface area contributed by atoms with Crippen molar-refractivity contribution in [2.24, 2.45) is 0 Å². The Morgan fingerprint density at radius 1 is 0.886 bits per heavy atom. The number of rotatable bonds is 7. The molecule has 35 heavy (non-hydrogen) atoms. The molecule has 194 valence electrons. The van der Waals surface area contributed by atoms with Crippen LogP contribution in [0.25, 0.3) is 0 Å². The Balaban J connectivity index is 2.05. The molecule has 0 aromatic heterocycles. The van der Waals surface area contributed by atoms with E-state index < -0.39 is 35.2 Å². The predicted octanol–water partition coefficient (Wildman–Crippen LogP) is 4.27. The summed E-state index contributed by atoms with van der Waals surface area (Å²) in [5.74, 6) is -0.974. The maximum absolute atomic E-state index is 13.0. The van der Waals surface area contributed by atoms with Gasteiger partial charge in [0.15, 0.2) is 0 Å². The maximum atomic E-state index is 13.0. The number of ether oxygens (including phenoxy) is 2. The van der Waals surface area contributed by atoms with Crippen LogP contribution in [0.1, 0.15) is 84.0 Å². The van der Waals surface area contributed by atoms with E-state index in [-0.39, 0.29) is 18.7 Å². The highest BCUT2D eigenvalue weighted by Crippen LogP contribution is 2.17. The van der Waals surface area contributed by atoms with Gasteiger partial charge in [0.25, 0.3) is 0 Å². The first-order chi connectivity index (χ1) is 16.2. The second-order valence-corrected chi connectivity index (χ2v) is 10.7. The zero-order chi connectivity index (χ0) is 26.2. The normalized spacial score (nSPS) is 15.1. The topological polar surface area (TPSA) is 114 Å². The minimum atomic E-state index is -0.968. The van der Waals surface area contributed by atoms with Gasteiger partial charge in [0.05, 0.1) is 5.56 Å². The van der Waals surface area contributed by atoms with Crippen LogP contribution in [0.15, 0.2) is 24.3 Å². The van der Waals surface area contributed by atoms with E-state index in [1.807, 2.05) is 0 Å². The molecule has 9 heteroatoms. The molecule has 1 aliphatic heterocycles. The summed E-state index contributed by atoms with van der Waals surface area (Å²) >= 11 is 0. The van der Waals surface area contributed by atoms with Gasteiger partial charge in [0.2, 0.25) is 11.8 Å². The van der Waals surface area contributed by atoms with Crippen LogP contribution in [0.5, 0.6) is 0 Å². The van der Waals surface area contributed by atoms with E-state index in [9.17, 15) is 19.2 Å². The molecule has 0 bridgehead atoms. The number of piperidine rings is 1. The maximum Gasteiger partial charge on any atom is 0.408 e. The number of carbonyl (C=O) groups excluding carboxylic acids is 4. The van der Waals surface area contributed by atoms with Crippen LogP contribution in [0.2, 0.25) is 0 Å². The molecule has 2 N–H and O–H groups in total. The third-order valence-electron chi connectivity index (χ3n) is 5.15. The lowest BCUT2D eigenvalue weighted by Crippen LogP contribution is -2.46. The fourth-order valence-electron chi connectivity index (χ4n) is 3.54. The second-order valence-electron chi connectivity index (χ2n) is 10.7. The minimum Gasteiger partial charge on any atom is -0.456 e. The second kappa shape index (κ2) is 12.0. The van der Waals surface area contributed by atoms with Crippen molar-refractivity contribution in [3.05, 3.63) is 29.8 Å². The molecule has 2 rings (SSSR count). The number of hydrogen-bond acceptors (Lipinski definition) is 6. The number of carbonyl (C=O) groups is 4. The van der Waals surface area contributed by atoms with Gasteiger partial charge >= 0.3 is 12.1 Å². The molecular formula is C26H39N3O6. The largest absolute Gasteiger partial charge is 0.456 e. The van der Waals surface area contributed by atoms with Crippen molar-refractivity contribution in [2.45, 2.75) is 90.9 Å². The van der Waals surface area contributed by atoms with Gasteiger partial charge in [-0.05, 0) is 91.5 Å². The van der Waals surface area contributed by atoms with Gasteiger partial charge in [-0.2, -0.15) is 0 Å². The zero-order valence-electron chi connectivity index (χ0n) is 21.7. The average molecular weight is 490 g/mol. The first-order valence-corrected chi connectivity index (χ1v) is 12.1. The fraction of sp³-hybridized carbons (Fsp3) is 0.615. The smallest absolute Gasteiger partial charge is 0.408 e. The molecule has 9 nitrogen and oxygen atoms in total. The Hall–Kier alpha value is -3.10. The highest BCUT2D eigenvalue weighted by atomic mass is 16.6. The van der Waals surface area contributed by atoms with Crippen LogP contribution in [-0.4, -0.2) is 59.1 Å². The number of nitrogens with one attached hydrogen (secondary N) is 2. The average Bonchev–Trinajstić information content (AvgIpc) is 2.75. The SMILES string of the molecule is CC(C)(C)OC(=O)N[C@@H](CCC(=O)N1CCCCC1)C(=O)Nc1ccc(C(=O)OC(C)(C)C)cc1. The molecule has 1 aromatic rings. The van der Waals surface area contributed by atoms with Gasteiger partial charge in [-0.15, -0.1) is 0 Å². The standard InChI is InChI=1S/C26H39N3O6/c1-25(2,3)34-23(32)18-10-12-19(13-11-18)27-22(31)20(28-24(33)35-26(4,5)6)14-15-21(30)29-16-8-7-9-17-29/h10-13,20H,7-9,14-17H2,1-6H3,(H,27,31)(H,28,33)/t20-/m0/s1. The van der Waals surface area contributed by atoms with Crippen molar-refractivity contribution in [1.29, 1.82) is 0 Å². The van der Waals surface area contributed by atoms with Gasteiger partial charge in [-0.3, -0.25) is 9.59 Å². The van der Waals surface area contributed by atoms with Crippen LogP contribution >= 0.6 is 0 Å². The summed E-state index contributed by atoms with van der Waals surface area (Å²) in [4.78, 5) is 52.0. The minimum absolute atomic E-state index is 0.0322. The molecule has 1 atom stereocenters. The molecule has 0 spiro atoms. The number of hydrogen-bond donors (Lipinski definition) is 2. The number of anilines is 1. The Kier molecular flexibility index (Phi) is 9.68. The van der Waals surface area contributed by atoms with E-state index in [0.29, 0.717) is 11.3 Å². The summed E-state index contributed by atoms with van der Waals surface area (Å²) in [5, 5.41) is 5.33. The van der Waals surface area contributed by atoms with Crippen LogP contribution in [0.4, 0.5) is 10.5 Å². The number of amides is 3. The van der Waals surface area contributed by atoms with Gasteiger partial charge in [0, 0.05) is 25.2 Å². The molecule has 1 fully saturated rings. The lowest BCUT2D eigenvalue weighted by atomic mass is 10.1. The Morgan fingerprint density at radius 2 is 1.46 bits per heavy atom. The van der Waals surface area contributed by atoms with Gasteiger partial charge in [-0.1, -0.05) is 0 Å². The van der Waals surface area contributed by atoms with Crippen molar-refractivity contribution in [3.63, 3.8) is 0 Å². The van der Waals surface area contributed by atoms with Crippen molar-refractivity contribution in [3.8, 4) is 0 Å². The van der Waals surface area contributed by atoms with Crippen LogP contribution in [-0.2, 0) is 19.1 Å². The molecule has 1 aliphatic rings. The number of nitrogens with zero attached hydrogens (tertiary/aromatic N) is 1. The van der Waals surface area contributed by atoms with E-state index in [0.717, 1.165) is 32.4 Å². The first-order valence-electron chi connectivity index (χ1n) is 12.1. The van der Waals surface area contributed by atoms with Crippen molar-refractivity contribution < 1.29 is 28.7 Å². The molecule has 0 radical (unpaired) electrons. The highest BCUT2D eigenvalue weighted by molar-refractivity contribution is 5.97. The monoisotopic (exact) mass is 489 g/mol. The molecular weight excluding hydrogens is 450 g/mol. The van der Waals surface area contributed by atoms with Crippen LogP contribution in [0.3, 0.4) is 0 Å². The number of alkyl carbamates (subject to hydrolysis) is 1. The number of benzene rings is 1. The van der Waals surface area contributed by atoms with E-state index in [2.05, 4.69) is 10.6 Å². The third-order valence-corrected chi connectivity index (χ3v) is 5.15. The van der Waals surface area contributed by atoms with E-state index >= 15 is 0 Å². The first kappa shape index (κ1) is 28.1. The Labute approximate surface area is 207 Å². The summed E-state index contributed by atoms with van der Waals surface area (Å²) in [7, 11) is 0. The molecule has 0 unspecified atom stereocenters. The van der Waals surface area contributed by atoms with Crippen LogP contribution < -0.4 is 10.6 Å². The van der Waals surface area contributed by atoms with Crippen molar-refractivity contribution in [2.75, 3.05) is 18.4 Å². The number of likely N-dealkylation sites (tertiary alicyclic amines) is 1. The summed E-state index contributed by atoms with van der Waals surface area (Å²) < 4.78 is 10.6. The van der Waals surface area contributed by atoms with Crippen molar-refractivity contribution in [1.82, 2.24) is 10.2 Å². The van der Waals surface area contributed by atoms with E-state index in [1.54, 1.807) is 70.7 Å². The van der Waals surface area contributed by atoms with Gasteiger partial charge < -0.3 is 25.0 Å². The zero-order valence-corrected chi connectivity index (χ0v) is 21.7. The Morgan fingerprint density at radius 3 is 2.00 bits per heavy atom. The summed E-state index contributed by atoms with van der Waals surface area (Å²) in [6, 6.07) is 5.31. The predicted molar refractivity (Wildman–Crippen MR) is 133 cm³/mol. The number of esters is 1.